The fourth-order valence-electron chi connectivity index (χ4n) is 2.25. The molecule has 23 heavy (non-hydrogen) atoms. The third-order valence-electron chi connectivity index (χ3n) is 3.33. The molecule has 3 rings (SSSR count). The van der Waals surface area contributed by atoms with E-state index in [9.17, 15) is 4.79 Å². The molecule has 0 aliphatic rings. The standard InChI is InChI=1S/C14H14N4O4S/c1-20-9-4-8(5-10(21-2)12(9)22-3)6-18-7-15-13-11(14(18)19)16-17-23-13/h4-5,7H,6H2,1-3H3. The van der Waals surface area contributed by atoms with E-state index in [0.717, 1.165) is 17.1 Å². The summed E-state index contributed by atoms with van der Waals surface area (Å²) in [5.74, 6) is 1.56. The zero-order valence-electron chi connectivity index (χ0n) is 12.8. The highest BCUT2D eigenvalue weighted by Gasteiger charge is 2.14. The Hall–Kier alpha value is -2.68. The van der Waals surface area contributed by atoms with Gasteiger partial charge in [-0.15, -0.1) is 5.10 Å². The smallest absolute Gasteiger partial charge is 0.283 e. The highest BCUT2D eigenvalue weighted by molar-refractivity contribution is 7.12. The third kappa shape index (κ3) is 2.70. The van der Waals surface area contributed by atoms with Gasteiger partial charge in [0.05, 0.1) is 34.2 Å². The van der Waals surface area contributed by atoms with Crippen LogP contribution in [0.4, 0.5) is 0 Å². The fraction of sp³-hybridized carbons (Fsp3) is 0.286. The van der Waals surface area contributed by atoms with E-state index in [1.807, 2.05) is 0 Å². The van der Waals surface area contributed by atoms with Crippen LogP contribution in [0.15, 0.2) is 23.3 Å². The van der Waals surface area contributed by atoms with Crippen LogP contribution in [0.1, 0.15) is 5.56 Å². The van der Waals surface area contributed by atoms with Crippen LogP contribution in [0.3, 0.4) is 0 Å². The molecule has 0 aliphatic heterocycles. The molecule has 2 heterocycles. The summed E-state index contributed by atoms with van der Waals surface area (Å²) in [5.41, 5.74) is 0.841. The maximum absolute atomic E-state index is 12.4. The highest BCUT2D eigenvalue weighted by atomic mass is 32.1. The van der Waals surface area contributed by atoms with Gasteiger partial charge in [0.15, 0.2) is 21.8 Å². The summed E-state index contributed by atoms with van der Waals surface area (Å²) < 4.78 is 21.1. The molecule has 0 bridgehead atoms. The van der Waals surface area contributed by atoms with Gasteiger partial charge in [0, 0.05) is 11.5 Å². The summed E-state index contributed by atoms with van der Waals surface area (Å²) in [7, 11) is 4.63. The Labute approximate surface area is 135 Å². The zero-order chi connectivity index (χ0) is 16.4. The quantitative estimate of drug-likeness (QED) is 0.695. The van der Waals surface area contributed by atoms with Gasteiger partial charge < -0.3 is 14.2 Å². The maximum atomic E-state index is 12.4. The second-order valence-electron chi connectivity index (χ2n) is 4.64. The van der Waals surface area contributed by atoms with Crippen molar-refractivity contribution in [3.05, 3.63) is 34.4 Å². The van der Waals surface area contributed by atoms with E-state index in [1.54, 1.807) is 26.4 Å². The second kappa shape index (κ2) is 6.21. The molecule has 120 valence electrons. The number of rotatable bonds is 5. The van der Waals surface area contributed by atoms with Crippen molar-refractivity contribution in [3.63, 3.8) is 0 Å². The van der Waals surface area contributed by atoms with Crippen LogP contribution in [0.5, 0.6) is 17.2 Å². The van der Waals surface area contributed by atoms with Crippen LogP contribution in [-0.2, 0) is 6.54 Å². The number of methoxy groups -OCH3 is 3. The minimum absolute atomic E-state index is 0.238. The first kappa shape index (κ1) is 15.2. The predicted molar refractivity (Wildman–Crippen MR) is 84.7 cm³/mol. The Bertz CT molecular complexity index is 880. The van der Waals surface area contributed by atoms with E-state index < -0.39 is 0 Å². The molecule has 9 heteroatoms. The second-order valence-corrected chi connectivity index (χ2v) is 5.37. The van der Waals surface area contributed by atoms with Gasteiger partial charge in [-0.2, -0.15) is 0 Å². The van der Waals surface area contributed by atoms with Crippen LogP contribution in [0.25, 0.3) is 10.3 Å². The van der Waals surface area contributed by atoms with Crippen LogP contribution in [0.2, 0.25) is 0 Å². The molecule has 0 saturated heterocycles. The highest BCUT2D eigenvalue weighted by Crippen LogP contribution is 2.38. The van der Waals surface area contributed by atoms with Gasteiger partial charge in [-0.25, -0.2) is 4.98 Å². The van der Waals surface area contributed by atoms with Crippen molar-refractivity contribution in [3.8, 4) is 17.2 Å². The van der Waals surface area contributed by atoms with E-state index in [2.05, 4.69) is 14.6 Å². The lowest BCUT2D eigenvalue weighted by molar-refractivity contribution is 0.323. The summed E-state index contributed by atoms with van der Waals surface area (Å²) in [6, 6.07) is 3.58. The first-order valence-corrected chi connectivity index (χ1v) is 7.41. The molecule has 1 aromatic carbocycles. The van der Waals surface area contributed by atoms with Gasteiger partial charge >= 0.3 is 0 Å². The molecule has 0 atom stereocenters. The van der Waals surface area contributed by atoms with Crippen LogP contribution >= 0.6 is 11.5 Å². The third-order valence-corrected chi connectivity index (χ3v) is 3.96. The zero-order valence-corrected chi connectivity index (χ0v) is 13.6. The Morgan fingerprint density at radius 1 is 1.13 bits per heavy atom. The molecule has 0 fully saturated rings. The summed E-state index contributed by atoms with van der Waals surface area (Å²) in [6.45, 7) is 0.302. The van der Waals surface area contributed by atoms with Crippen molar-refractivity contribution in [1.29, 1.82) is 0 Å². The van der Waals surface area contributed by atoms with Gasteiger partial charge in [-0.1, -0.05) is 4.49 Å². The van der Waals surface area contributed by atoms with Crippen LogP contribution < -0.4 is 19.8 Å². The van der Waals surface area contributed by atoms with E-state index >= 15 is 0 Å². The molecule has 8 nitrogen and oxygen atoms in total. The van der Waals surface area contributed by atoms with Crippen LogP contribution in [0, 0.1) is 0 Å². The monoisotopic (exact) mass is 334 g/mol. The Kier molecular flexibility index (Phi) is 4.11. The van der Waals surface area contributed by atoms with E-state index in [1.165, 1.54) is 18.0 Å². The molecule has 0 unspecified atom stereocenters. The van der Waals surface area contributed by atoms with Crippen molar-refractivity contribution in [2.24, 2.45) is 0 Å². The first-order chi connectivity index (χ1) is 11.2. The largest absolute Gasteiger partial charge is 0.493 e. The van der Waals surface area contributed by atoms with Crippen molar-refractivity contribution < 1.29 is 14.2 Å². The summed E-state index contributed by atoms with van der Waals surface area (Å²) >= 11 is 1.09. The fourth-order valence-corrected chi connectivity index (χ4v) is 2.76. The molecule has 2 aromatic heterocycles. The number of nitrogens with zero attached hydrogens (tertiary/aromatic N) is 4. The molecule has 0 N–H and O–H groups in total. The lowest BCUT2D eigenvalue weighted by Gasteiger charge is -2.14. The van der Waals surface area contributed by atoms with Crippen molar-refractivity contribution in [2.75, 3.05) is 21.3 Å². The lowest BCUT2D eigenvalue weighted by Crippen LogP contribution is -2.21. The van der Waals surface area contributed by atoms with Gasteiger partial charge in [0.2, 0.25) is 5.75 Å². The van der Waals surface area contributed by atoms with Crippen molar-refractivity contribution in [2.45, 2.75) is 6.54 Å². The van der Waals surface area contributed by atoms with Gasteiger partial charge in [-0.05, 0) is 17.7 Å². The Morgan fingerprint density at radius 3 is 2.43 bits per heavy atom. The normalized spacial score (nSPS) is 10.7. The van der Waals surface area contributed by atoms with E-state index in [-0.39, 0.29) is 11.1 Å². The van der Waals surface area contributed by atoms with Gasteiger partial charge in [0.1, 0.15) is 0 Å². The van der Waals surface area contributed by atoms with Gasteiger partial charge in [0.25, 0.3) is 5.56 Å². The molecular formula is C14H14N4O4S. The van der Waals surface area contributed by atoms with Crippen molar-refractivity contribution >= 4 is 21.9 Å². The molecule has 0 aliphatic carbocycles. The average Bonchev–Trinajstić information content (AvgIpc) is 3.05. The molecule has 3 aromatic rings. The minimum atomic E-state index is -0.238. The van der Waals surface area contributed by atoms with E-state index in [4.69, 9.17) is 14.2 Å². The Morgan fingerprint density at radius 2 is 1.83 bits per heavy atom. The maximum Gasteiger partial charge on any atom is 0.283 e. The SMILES string of the molecule is COc1cc(Cn2cnc3snnc3c2=O)cc(OC)c1OC. The topological polar surface area (TPSA) is 88.4 Å². The van der Waals surface area contributed by atoms with Gasteiger partial charge in [-0.3, -0.25) is 9.36 Å². The summed E-state index contributed by atoms with van der Waals surface area (Å²) in [4.78, 5) is 17.1. The lowest BCUT2D eigenvalue weighted by atomic mass is 10.1. The summed E-state index contributed by atoms with van der Waals surface area (Å²) in [5, 5.41) is 3.82. The summed E-state index contributed by atoms with van der Waals surface area (Å²) in [6.07, 6.45) is 1.48. The number of hydrogen-bond donors (Lipinski definition) is 0. The number of ether oxygens (including phenoxy) is 3. The number of fused-ring (bicyclic) bond motifs is 1. The Balaban J connectivity index is 2.04. The first-order valence-electron chi connectivity index (χ1n) is 6.64. The molecule has 0 spiro atoms. The van der Waals surface area contributed by atoms with Crippen LogP contribution in [-0.4, -0.2) is 40.5 Å². The van der Waals surface area contributed by atoms with Crippen molar-refractivity contribution in [1.82, 2.24) is 19.1 Å². The molecule has 0 radical (unpaired) electrons. The average molecular weight is 334 g/mol. The molecular weight excluding hydrogens is 320 g/mol. The predicted octanol–water partition coefficient (Wildman–Crippen LogP) is 1.32. The molecule has 0 saturated carbocycles. The minimum Gasteiger partial charge on any atom is -0.493 e. The van der Waals surface area contributed by atoms with E-state index in [0.29, 0.717) is 28.6 Å². The number of benzene rings is 1. The molecule has 0 amide bonds. The number of hydrogen-bond acceptors (Lipinski definition) is 8. The number of aromatic nitrogens is 4.